The molecule has 0 spiro atoms. The van der Waals surface area contributed by atoms with Crippen molar-refractivity contribution in [1.29, 1.82) is 5.26 Å². The van der Waals surface area contributed by atoms with Gasteiger partial charge in [0.1, 0.15) is 11.3 Å². The zero-order valence-corrected chi connectivity index (χ0v) is 14.3. The molecule has 2 rings (SSSR count). The van der Waals surface area contributed by atoms with Crippen molar-refractivity contribution in [3.63, 3.8) is 0 Å². The number of hydrogen-bond donors (Lipinski definition) is 1. The van der Waals surface area contributed by atoms with Gasteiger partial charge in [0, 0.05) is 10.7 Å². The van der Waals surface area contributed by atoms with Gasteiger partial charge in [0.25, 0.3) is 5.91 Å². The fraction of sp³-hybridized carbons (Fsp3) is 0.167. The average Bonchev–Trinajstić information content (AvgIpc) is 2.61. The number of halogens is 1. The second-order valence-electron chi connectivity index (χ2n) is 5.07. The predicted octanol–water partition coefficient (Wildman–Crippen LogP) is 3.40. The molecule has 0 saturated carbocycles. The van der Waals surface area contributed by atoms with Crippen LogP contribution in [0.2, 0.25) is 5.02 Å². The molecule has 0 saturated heterocycles. The van der Waals surface area contributed by atoms with E-state index in [0.29, 0.717) is 22.0 Å². The van der Waals surface area contributed by atoms with E-state index < -0.39 is 18.0 Å². The molecule has 0 fully saturated rings. The van der Waals surface area contributed by atoms with Crippen molar-refractivity contribution in [3.05, 3.63) is 58.6 Å². The number of hydrogen-bond acceptors (Lipinski definition) is 5. The van der Waals surface area contributed by atoms with Crippen LogP contribution in [0.4, 0.5) is 5.69 Å². The summed E-state index contributed by atoms with van der Waals surface area (Å²) in [5, 5.41) is 11.8. The SMILES string of the molecule is COc1ccc(Cl)cc1C(=O)O[C@@H](C)C(=O)Nc1cccc(C#N)c1. The van der Waals surface area contributed by atoms with E-state index in [1.54, 1.807) is 24.3 Å². The van der Waals surface area contributed by atoms with E-state index >= 15 is 0 Å². The minimum atomic E-state index is -1.05. The Hall–Kier alpha value is -3.04. The van der Waals surface area contributed by atoms with Crippen LogP contribution in [-0.4, -0.2) is 25.1 Å². The Kier molecular flexibility index (Phi) is 5.98. The van der Waals surface area contributed by atoms with Gasteiger partial charge >= 0.3 is 5.97 Å². The van der Waals surface area contributed by atoms with Gasteiger partial charge in [0.05, 0.1) is 18.7 Å². The minimum Gasteiger partial charge on any atom is -0.496 e. The molecule has 0 bridgehead atoms. The summed E-state index contributed by atoms with van der Waals surface area (Å²) >= 11 is 5.88. The first-order valence-electron chi connectivity index (χ1n) is 7.30. The van der Waals surface area contributed by atoms with Gasteiger partial charge in [-0.3, -0.25) is 4.79 Å². The van der Waals surface area contributed by atoms with Crippen molar-refractivity contribution in [2.75, 3.05) is 12.4 Å². The molecule has 2 aromatic rings. The van der Waals surface area contributed by atoms with E-state index in [1.807, 2.05) is 6.07 Å². The third kappa shape index (κ3) is 4.72. The largest absolute Gasteiger partial charge is 0.496 e. The van der Waals surface area contributed by atoms with Gasteiger partial charge in [-0.2, -0.15) is 5.26 Å². The van der Waals surface area contributed by atoms with E-state index in [-0.39, 0.29) is 5.56 Å². The summed E-state index contributed by atoms with van der Waals surface area (Å²) < 4.78 is 10.3. The molecule has 128 valence electrons. The number of methoxy groups -OCH3 is 1. The van der Waals surface area contributed by atoms with E-state index in [2.05, 4.69) is 5.32 Å². The highest BCUT2D eigenvalue weighted by atomic mass is 35.5. The number of nitrogens with zero attached hydrogens (tertiary/aromatic N) is 1. The summed E-state index contributed by atoms with van der Waals surface area (Å²) in [6, 6.07) is 12.9. The van der Waals surface area contributed by atoms with Crippen molar-refractivity contribution in [2.45, 2.75) is 13.0 Å². The summed E-state index contributed by atoms with van der Waals surface area (Å²) in [7, 11) is 1.42. The number of nitrogens with one attached hydrogen (secondary N) is 1. The smallest absolute Gasteiger partial charge is 0.342 e. The maximum absolute atomic E-state index is 12.3. The number of anilines is 1. The van der Waals surface area contributed by atoms with Gasteiger partial charge in [0.2, 0.25) is 0 Å². The van der Waals surface area contributed by atoms with Crippen LogP contribution in [0, 0.1) is 11.3 Å². The average molecular weight is 359 g/mol. The highest BCUT2D eigenvalue weighted by Crippen LogP contribution is 2.24. The maximum Gasteiger partial charge on any atom is 0.342 e. The van der Waals surface area contributed by atoms with Crippen LogP contribution < -0.4 is 10.1 Å². The van der Waals surface area contributed by atoms with Crippen LogP contribution in [0.3, 0.4) is 0 Å². The van der Waals surface area contributed by atoms with Crippen LogP contribution in [0.1, 0.15) is 22.8 Å². The number of benzene rings is 2. The molecule has 7 heteroatoms. The molecule has 1 amide bonds. The van der Waals surface area contributed by atoms with E-state index in [1.165, 1.54) is 32.2 Å². The van der Waals surface area contributed by atoms with E-state index in [0.717, 1.165) is 0 Å². The molecule has 0 aliphatic rings. The second kappa shape index (κ2) is 8.18. The molecule has 0 radical (unpaired) electrons. The van der Waals surface area contributed by atoms with Gasteiger partial charge in [-0.1, -0.05) is 17.7 Å². The van der Waals surface area contributed by atoms with Crippen molar-refractivity contribution in [1.82, 2.24) is 0 Å². The molecule has 0 unspecified atom stereocenters. The van der Waals surface area contributed by atoms with Gasteiger partial charge < -0.3 is 14.8 Å². The molecule has 0 aliphatic carbocycles. The third-order valence-electron chi connectivity index (χ3n) is 3.29. The standard InChI is InChI=1S/C18H15ClN2O4/c1-11(17(22)21-14-5-3-4-12(8-14)10-20)25-18(23)15-9-13(19)6-7-16(15)24-2/h3-9,11H,1-2H3,(H,21,22)/t11-/m0/s1. The molecule has 0 heterocycles. The number of amides is 1. The molecule has 6 nitrogen and oxygen atoms in total. The summed E-state index contributed by atoms with van der Waals surface area (Å²) in [6.07, 6.45) is -1.05. The van der Waals surface area contributed by atoms with Crippen molar-refractivity contribution < 1.29 is 19.1 Å². The van der Waals surface area contributed by atoms with Crippen molar-refractivity contribution in [2.24, 2.45) is 0 Å². The Morgan fingerprint density at radius 1 is 1.24 bits per heavy atom. The van der Waals surface area contributed by atoms with Gasteiger partial charge in [-0.05, 0) is 43.3 Å². The molecule has 0 aliphatic heterocycles. The maximum atomic E-state index is 12.3. The number of carbonyl (C=O) groups excluding carboxylic acids is 2. The summed E-state index contributed by atoms with van der Waals surface area (Å²) in [5.41, 5.74) is 0.972. The first-order valence-corrected chi connectivity index (χ1v) is 7.68. The van der Waals surface area contributed by atoms with Crippen LogP contribution >= 0.6 is 11.6 Å². The highest BCUT2D eigenvalue weighted by molar-refractivity contribution is 6.31. The van der Waals surface area contributed by atoms with Crippen LogP contribution in [0.15, 0.2) is 42.5 Å². The molecule has 2 aromatic carbocycles. The third-order valence-corrected chi connectivity index (χ3v) is 3.53. The number of rotatable bonds is 5. The van der Waals surface area contributed by atoms with E-state index in [9.17, 15) is 9.59 Å². The minimum absolute atomic E-state index is 0.126. The molecular formula is C18H15ClN2O4. The lowest BCUT2D eigenvalue weighted by atomic mass is 10.2. The number of esters is 1. The van der Waals surface area contributed by atoms with Crippen molar-refractivity contribution >= 4 is 29.2 Å². The molecular weight excluding hydrogens is 344 g/mol. The normalized spacial score (nSPS) is 11.1. The summed E-state index contributed by atoms with van der Waals surface area (Å²) in [6.45, 7) is 1.44. The summed E-state index contributed by atoms with van der Waals surface area (Å²) in [5.74, 6) is -0.957. The molecule has 1 atom stereocenters. The fourth-order valence-corrected chi connectivity index (χ4v) is 2.20. The van der Waals surface area contributed by atoms with Crippen LogP contribution in [0.25, 0.3) is 0 Å². The topological polar surface area (TPSA) is 88.4 Å². The Labute approximate surface area is 149 Å². The first kappa shape index (κ1) is 18.3. The lowest BCUT2D eigenvalue weighted by Crippen LogP contribution is -2.30. The first-order chi connectivity index (χ1) is 11.9. The highest BCUT2D eigenvalue weighted by Gasteiger charge is 2.22. The van der Waals surface area contributed by atoms with Crippen LogP contribution in [0.5, 0.6) is 5.75 Å². The number of carbonyl (C=O) groups is 2. The Morgan fingerprint density at radius 2 is 2.00 bits per heavy atom. The van der Waals surface area contributed by atoms with E-state index in [4.69, 9.17) is 26.3 Å². The molecule has 0 aromatic heterocycles. The molecule has 1 N–H and O–H groups in total. The van der Waals surface area contributed by atoms with Crippen molar-refractivity contribution in [3.8, 4) is 11.8 Å². The fourth-order valence-electron chi connectivity index (χ4n) is 2.03. The number of ether oxygens (including phenoxy) is 2. The van der Waals surface area contributed by atoms with Gasteiger partial charge in [-0.15, -0.1) is 0 Å². The summed E-state index contributed by atoms with van der Waals surface area (Å²) in [4.78, 5) is 24.4. The predicted molar refractivity (Wildman–Crippen MR) is 92.7 cm³/mol. The Morgan fingerprint density at radius 3 is 2.68 bits per heavy atom. The van der Waals surface area contributed by atoms with Gasteiger partial charge in [0.15, 0.2) is 6.10 Å². The van der Waals surface area contributed by atoms with Gasteiger partial charge in [-0.25, -0.2) is 4.79 Å². The second-order valence-corrected chi connectivity index (χ2v) is 5.51. The lowest BCUT2D eigenvalue weighted by Gasteiger charge is -2.15. The zero-order chi connectivity index (χ0) is 18.4. The van der Waals surface area contributed by atoms with Crippen LogP contribution in [-0.2, 0) is 9.53 Å². The zero-order valence-electron chi connectivity index (χ0n) is 13.6. The quantitative estimate of drug-likeness (QED) is 0.827. The Bertz CT molecular complexity index is 845. The number of nitriles is 1. The lowest BCUT2D eigenvalue weighted by molar-refractivity contribution is -0.123. The monoisotopic (exact) mass is 358 g/mol. The Balaban J connectivity index is 2.07. The molecule has 25 heavy (non-hydrogen) atoms.